The van der Waals surface area contributed by atoms with E-state index in [2.05, 4.69) is 15.5 Å². The summed E-state index contributed by atoms with van der Waals surface area (Å²) < 4.78 is 5.14. The fourth-order valence-corrected chi connectivity index (χ4v) is 2.58. The predicted molar refractivity (Wildman–Crippen MR) is 96.9 cm³/mol. The summed E-state index contributed by atoms with van der Waals surface area (Å²) in [5.74, 6) is 0.809. The highest BCUT2D eigenvalue weighted by molar-refractivity contribution is 6.00. The van der Waals surface area contributed by atoms with Crippen LogP contribution >= 0.6 is 0 Å². The third-order valence-corrected chi connectivity index (χ3v) is 3.88. The highest BCUT2D eigenvalue weighted by Crippen LogP contribution is 2.19. The van der Waals surface area contributed by atoms with Gasteiger partial charge in [0.2, 0.25) is 11.8 Å². The van der Waals surface area contributed by atoms with Crippen molar-refractivity contribution in [2.24, 2.45) is 0 Å². The Morgan fingerprint density at radius 3 is 2.46 bits per heavy atom. The van der Waals surface area contributed by atoms with Gasteiger partial charge in [0.25, 0.3) is 0 Å². The molecule has 6 nitrogen and oxygen atoms in total. The van der Waals surface area contributed by atoms with E-state index in [4.69, 9.17) is 4.52 Å². The maximum Gasteiger partial charge on any atom is 0.231 e. The van der Waals surface area contributed by atoms with Crippen molar-refractivity contribution in [2.45, 2.75) is 26.2 Å². The molecule has 0 aliphatic rings. The quantitative estimate of drug-likeness (QED) is 0.659. The Kier molecular flexibility index (Phi) is 5.53. The van der Waals surface area contributed by atoms with E-state index in [0.29, 0.717) is 29.4 Å². The highest BCUT2D eigenvalue weighted by Gasteiger charge is 2.12. The first-order valence-corrected chi connectivity index (χ1v) is 8.37. The molecule has 0 bridgehead atoms. The first-order valence-electron chi connectivity index (χ1n) is 8.37. The number of carbonyl (C=O) groups is 2. The molecule has 0 atom stereocenters. The summed E-state index contributed by atoms with van der Waals surface area (Å²) >= 11 is 0. The van der Waals surface area contributed by atoms with Crippen LogP contribution in [0.2, 0.25) is 0 Å². The number of aryl methyl sites for hydroxylation is 1. The predicted octanol–water partition coefficient (Wildman–Crippen LogP) is 3.57. The molecule has 1 heterocycles. The molecule has 1 aromatic heterocycles. The lowest BCUT2D eigenvalue weighted by Crippen LogP contribution is -2.14. The van der Waals surface area contributed by atoms with E-state index < -0.39 is 0 Å². The van der Waals surface area contributed by atoms with Crippen LogP contribution < -0.4 is 5.32 Å². The lowest BCUT2D eigenvalue weighted by atomic mass is 10.1. The topological polar surface area (TPSA) is 85.1 Å². The molecule has 0 saturated heterocycles. The fraction of sp³-hybridized carbons (Fsp3) is 0.200. The Labute approximate surface area is 151 Å². The van der Waals surface area contributed by atoms with Gasteiger partial charge < -0.3 is 9.84 Å². The lowest BCUT2D eigenvalue weighted by molar-refractivity contribution is -0.116. The molecule has 0 aliphatic heterocycles. The summed E-state index contributed by atoms with van der Waals surface area (Å²) in [6.07, 6.45) is 0.725. The third-order valence-electron chi connectivity index (χ3n) is 3.88. The van der Waals surface area contributed by atoms with Gasteiger partial charge in [-0.05, 0) is 18.6 Å². The van der Waals surface area contributed by atoms with Gasteiger partial charge in [0.15, 0.2) is 11.6 Å². The Bertz CT molecular complexity index is 903. The van der Waals surface area contributed by atoms with Crippen molar-refractivity contribution in [1.29, 1.82) is 0 Å². The van der Waals surface area contributed by atoms with Crippen LogP contribution in [0, 0.1) is 6.92 Å². The number of carbonyl (C=O) groups excluding carboxylic acids is 2. The molecule has 0 fully saturated rings. The zero-order chi connectivity index (χ0) is 18.4. The lowest BCUT2D eigenvalue weighted by Gasteiger charge is -2.09. The summed E-state index contributed by atoms with van der Waals surface area (Å²) in [5, 5.41) is 6.63. The zero-order valence-electron chi connectivity index (χ0n) is 14.4. The van der Waals surface area contributed by atoms with Gasteiger partial charge in [-0.15, -0.1) is 0 Å². The monoisotopic (exact) mass is 349 g/mol. The van der Waals surface area contributed by atoms with E-state index in [1.165, 1.54) is 0 Å². The zero-order valence-corrected chi connectivity index (χ0v) is 14.4. The number of nitrogens with one attached hydrogen (secondary N) is 1. The van der Waals surface area contributed by atoms with Crippen molar-refractivity contribution in [1.82, 2.24) is 10.1 Å². The van der Waals surface area contributed by atoms with Crippen molar-refractivity contribution in [3.05, 3.63) is 77.4 Å². The van der Waals surface area contributed by atoms with Gasteiger partial charge in [-0.3, -0.25) is 9.59 Å². The van der Waals surface area contributed by atoms with Crippen LogP contribution in [0.15, 0.2) is 59.1 Å². The summed E-state index contributed by atoms with van der Waals surface area (Å²) in [7, 11) is 0. The summed E-state index contributed by atoms with van der Waals surface area (Å²) in [5.41, 5.74) is 2.17. The van der Waals surface area contributed by atoms with Crippen LogP contribution in [-0.4, -0.2) is 21.8 Å². The number of aromatic nitrogens is 2. The van der Waals surface area contributed by atoms with E-state index in [9.17, 15) is 9.59 Å². The van der Waals surface area contributed by atoms with Crippen molar-refractivity contribution in [3.63, 3.8) is 0 Å². The van der Waals surface area contributed by atoms with Gasteiger partial charge in [0, 0.05) is 24.1 Å². The average molecular weight is 349 g/mol. The van der Waals surface area contributed by atoms with Gasteiger partial charge >= 0.3 is 0 Å². The molecule has 6 heteroatoms. The summed E-state index contributed by atoms with van der Waals surface area (Å²) in [4.78, 5) is 28.5. The Morgan fingerprint density at radius 2 is 1.73 bits per heavy atom. The molecule has 0 spiro atoms. The number of anilines is 1. The van der Waals surface area contributed by atoms with Gasteiger partial charge in [-0.2, -0.15) is 4.98 Å². The minimum absolute atomic E-state index is 0.0460. The molecule has 0 unspecified atom stereocenters. The average Bonchev–Trinajstić information content (AvgIpc) is 3.07. The maximum atomic E-state index is 12.2. The minimum Gasteiger partial charge on any atom is -0.339 e. The molecule has 1 amide bonds. The molecule has 0 aliphatic carbocycles. The van der Waals surface area contributed by atoms with E-state index in [1.54, 1.807) is 19.1 Å². The van der Waals surface area contributed by atoms with Gasteiger partial charge in [0.1, 0.15) is 0 Å². The van der Waals surface area contributed by atoms with Crippen LogP contribution in [0.5, 0.6) is 0 Å². The largest absolute Gasteiger partial charge is 0.339 e. The minimum atomic E-state index is -0.205. The maximum absolute atomic E-state index is 12.2. The third kappa shape index (κ3) is 4.63. The molecule has 0 saturated carbocycles. The molecule has 3 aromatic rings. The number of hydrogen-bond acceptors (Lipinski definition) is 5. The Balaban J connectivity index is 1.60. The number of ketones is 1. The first kappa shape index (κ1) is 17.5. The smallest absolute Gasteiger partial charge is 0.231 e. The van der Waals surface area contributed by atoms with Gasteiger partial charge in [-0.1, -0.05) is 53.7 Å². The first-order chi connectivity index (χ1) is 12.6. The van der Waals surface area contributed by atoms with E-state index in [0.717, 1.165) is 5.56 Å². The molecular weight excluding hydrogens is 330 g/mol. The molecule has 3 rings (SSSR count). The molecule has 2 aromatic carbocycles. The van der Waals surface area contributed by atoms with E-state index >= 15 is 0 Å². The van der Waals surface area contributed by atoms with Crippen molar-refractivity contribution in [2.75, 3.05) is 5.32 Å². The van der Waals surface area contributed by atoms with Crippen LogP contribution in [0.25, 0.3) is 0 Å². The molecule has 1 N–H and O–H groups in total. The number of nitrogens with zero attached hydrogens (tertiary/aromatic N) is 2. The summed E-state index contributed by atoms with van der Waals surface area (Å²) in [6, 6.07) is 16.4. The molecule has 26 heavy (non-hydrogen) atoms. The SMILES string of the molecule is Cc1noc(Cc2ccccc2NC(=O)CCC(=O)c2ccccc2)n1. The Hall–Kier alpha value is -3.28. The highest BCUT2D eigenvalue weighted by atomic mass is 16.5. The van der Waals surface area contributed by atoms with Crippen molar-refractivity contribution >= 4 is 17.4 Å². The molecular formula is C20H19N3O3. The standard InChI is InChI=1S/C20H19N3O3/c1-14-21-20(26-23-14)13-16-9-5-6-10-17(16)22-19(25)12-11-18(24)15-7-3-2-4-8-15/h2-10H,11-13H2,1H3,(H,22,25). The number of rotatable bonds is 7. The van der Waals surface area contributed by atoms with E-state index in [-0.39, 0.29) is 24.5 Å². The number of Topliss-reactive ketones (excluding diaryl/α,β-unsaturated/α-hetero) is 1. The summed E-state index contributed by atoms with van der Waals surface area (Å²) in [6.45, 7) is 1.75. The van der Waals surface area contributed by atoms with Crippen molar-refractivity contribution < 1.29 is 14.1 Å². The van der Waals surface area contributed by atoms with Crippen LogP contribution in [0.1, 0.15) is 40.5 Å². The normalized spacial score (nSPS) is 10.5. The number of amides is 1. The number of hydrogen-bond donors (Lipinski definition) is 1. The van der Waals surface area contributed by atoms with Crippen molar-refractivity contribution in [3.8, 4) is 0 Å². The second-order valence-electron chi connectivity index (χ2n) is 5.91. The van der Waals surface area contributed by atoms with Crippen LogP contribution in [-0.2, 0) is 11.2 Å². The number of para-hydroxylation sites is 1. The van der Waals surface area contributed by atoms with Crippen LogP contribution in [0.4, 0.5) is 5.69 Å². The van der Waals surface area contributed by atoms with E-state index in [1.807, 2.05) is 42.5 Å². The van der Waals surface area contributed by atoms with Gasteiger partial charge in [0.05, 0.1) is 6.42 Å². The number of benzene rings is 2. The fourth-order valence-electron chi connectivity index (χ4n) is 2.58. The Morgan fingerprint density at radius 1 is 1.00 bits per heavy atom. The van der Waals surface area contributed by atoms with Crippen LogP contribution in [0.3, 0.4) is 0 Å². The molecule has 0 radical (unpaired) electrons. The molecule has 132 valence electrons. The van der Waals surface area contributed by atoms with Gasteiger partial charge in [-0.25, -0.2) is 0 Å². The second-order valence-corrected chi connectivity index (χ2v) is 5.91. The second kappa shape index (κ2) is 8.20.